The normalized spacial score (nSPS) is 18.5. The molecule has 2 aromatic carbocycles. The Morgan fingerprint density at radius 2 is 1.69 bits per heavy atom. The van der Waals surface area contributed by atoms with E-state index in [9.17, 15) is 21.6 Å². The lowest BCUT2D eigenvalue weighted by Crippen LogP contribution is -2.35. The summed E-state index contributed by atoms with van der Waals surface area (Å²) >= 11 is 12.1. The maximum Gasteiger partial charge on any atom is 0.240 e. The molecule has 0 aromatic heterocycles. The van der Waals surface area contributed by atoms with Crippen molar-refractivity contribution in [3.8, 4) is 0 Å². The van der Waals surface area contributed by atoms with Gasteiger partial charge in [0.05, 0.1) is 22.8 Å². The summed E-state index contributed by atoms with van der Waals surface area (Å²) in [5.41, 5.74) is 0.906. The van der Waals surface area contributed by atoms with Crippen LogP contribution in [0.25, 0.3) is 0 Å². The van der Waals surface area contributed by atoms with Crippen LogP contribution in [0.3, 0.4) is 0 Å². The summed E-state index contributed by atoms with van der Waals surface area (Å²) in [6.07, 6.45) is 0.219. The van der Waals surface area contributed by atoms with Crippen LogP contribution in [0.2, 0.25) is 10.0 Å². The second kappa shape index (κ2) is 8.61. The third-order valence-corrected chi connectivity index (χ3v) is 8.41. The number of sulfone groups is 1. The zero-order valence-corrected chi connectivity index (χ0v) is 18.2. The molecule has 0 unspecified atom stereocenters. The molecule has 2 aromatic rings. The Balaban J connectivity index is 1.64. The summed E-state index contributed by atoms with van der Waals surface area (Å²) in [5.74, 6) is -0.587. The number of hydrogen-bond donors (Lipinski definition) is 2. The molecular weight excluding hydrogens is 459 g/mol. The van der Waals surface area contributed by atoms with E-state index in [0.29, 0.717) is 21.3 Å². The summed E-state index contributed by atoms with van der Waals surface area (Å²) in [5, 5.41) is 3.42. The predicted octanol–water partition coefficient (Wildman–Crippen LogP) is 2.64. The largest absolute Gasteiger partial charge is 0.326 e. The van der Waals surface area contributed by atoms with Crippen molar-refractivity contribution >= 4 is 54.7 Å². The molecular formula is C18H18Cl2N2O5S2. The van der Waals surface area contributed by atoms with Gasteiger partial charge in [0.1, 0.15) is 0 Å². The molecule has 0 spiro atoms. The second-order valence-electron chi connectivity index (χ2n) is 6.67. The minimum atomic E-state index is -3.86. The molecule has 29 heavy (non-hydrogen) atoms. The van der Waals surface area contributed by atoms with Crippen LogP contribution in [0.1, 0.15) is 12.0 Å². The fourth-order valence-corrected chi connectivity index (χ4v) is 6.54. The Labute approximate surface area is 179 Å². The number of rotatable bonds is 6. The van der Waals surface area contributed by atoms with Crippen molar-refractivity contribution in [3.05, 3.63) is 58.1 Å². The molecule has 156 valence electrons. The number of hydrogen-bond acceptors (Lipinski definition) is 5. The van der Waals surface area contributed by atoms with E-state index in [4.69, 9.17) is 23.2 Å². The van der Waals surface area contributed by atoms with Crippen LogP contribution in [0.5, 0.6) is 0 Å². The molecule has 1 fully saturated rings. The van der Waals surface area contributed by atoms with Gasteiger partial charge in [0.25, 0.3) is 0 Å². The van der Waals surface area contributed by atoms with Crippen molar-refractivity contribution in [2.45, 2.75) is 23.8 Å². The third kappa shape index (κ3) is 5.70. The van der Waals surface area contributed by atoms with Crippen LogP contribution in [-0.2, 0) is 31.1 Å². The second-order valence-corrected chi connectivity index (χ2v) is 11.4. The third-order valence-electron chi connectivity index (χ3n) is 4.40. The smallest absolute Gasteiger partial charge is 0.240 e. The fraction of sp³-hybridized carbons (Fsp3) is 0.278. The lowest BCUT2D eigenvalue weighted by molar-refractivity contribution is -0.115. The first kappa shape index (κ1) is 22.0. The maximum atomic E-state index is 12.4. The minimum Gasteiger partial charge on any atom is -0.326 e. The average molecular weight is 477 g/mol. The molecule has 1 saturated heterocycles. The van der Waals surface area contributed by atoms with Gasteiger partial charge in [-0.15, -0.1) is 0 Å². The zero-order valence-electron chi connectivity index (χ0n) is 15.1. The van der Waals surface area contributed by atoms with E-state index < -0.39 is 25.9 Å². The summed E-state index contributed by atoms with van der Waals surface area (Å²) in [7, 11) is -7.06. The summed E-state index contributed by atoms with van der Waals surface area (Å²) in [6.45, 7) is 0. The van der Waals surface area contributed by atoms with Gasteiger partial charge in [-0.1, -0.05) is 29.3 Å². The SMILES string of the molecule is O=C(Cc1c(Cl)cccc1Cl)Nc1ccc(S(=O)(=O)N[C@@H]2CCS(=O)(=O)C2)cc1. The van der Waals surface area contributed by atoms with E-state index in [1.807, 2.05) is 0 Å². The molecule has 2 N–H and O–H groups in total. The van der Waals surface area contributed by atoms with E-state index in [0.717, 1.165) is 0 Å². The first-order chi connectivity index (χ1) is 13.6. The van der Waals surface area contributed by atoms with Gasteiger partial charge in [0.15, 0.2) is 9.84 Å². The van der Waals surface area contributed by atoms with Gasteiger partial charge in [-0.25, -0.2) is 21.6 Å². The number of nitrogens with one attached hydrogen (secondary N) is 2. The number of amides is 1. The average Bonchev–Trinajstić information content (AvgIpc) is 2.96. The molecule has 1 aliphatic rings. The first-order valence-corrected chi connectivity index (χ1v) is 12.7. The number of anilines is 1. The van der Waals surface area contributed by atoms with Crippen molar-refractivity contribution in [3.63, 3.8) is 0 Å². The molecule has 11 heteroatoms. The number of carbonyl (C=O) groups is 1. The summed E-state index contributed by atoms with van der Waals surface area (Å²) in [4.78, 5) is 12.2. The number of carbonyl (C=O) groups excluding carboxylic acids is 1. The lowest BCUT2D eigenvalue weighted by Gasteiger charge is -2.12. The van der Waals surface area contributed by atoms with Crippen LogP contribution >= 0.6 is 23.2 Å². The van der Waals surface area contributed by atoms with E-state index in [-0.39, 0.29) is 35.2 Å². The molecule has 3 rings (SSSR count). The Kier molecular flexibility index (Phi) is 6.54. The summed E-state index contributed by atoms with van der Waals surface area (Å²) < 4.78 is 50.2. The van der Waals surface area contributed by atoms with E-state index in [1.54, 1.807) is 18.2 Å². The lowest BCUT2D eigenvalue weighted by atomic mass is 10.1. The Morgan fingerprint density at radius 3 is 2.24 bits per heavy atom. The van der Waals surface area contributed by atoms with Gasteiger partial charge in [0.2, 0.25) is 15.9 Å². The molecule has 7 nitrogen and oxygen atoms in total. The van der Waals surface area contributed by atoms with E-state index >= 15 is 0 Å². The van der Waals surface area contributed by atoms with E-state index in [2.05, 4.69) is 10.0 Å². The van der Waals surface area contributed by atoms with Crippen molar-refractivity contribution in [1.29, 1.82) is 0 Å². The molecule has 0 aliphatic carbocycles. The monoisotopic (exact) mass is 476 g/mol. The van der Waals surface area contributed by atoms with Crippen molar-refractivity contribution < 1.29 is 21.6 Å². The molecule has 0 saturated carbocycles. The van der Waals surface area contributed by atoms with Crippen LogP contribution < -0.4 is 10.0 Å². The van der Waals surface area contributed by atoms with Gasteiger partial charge in [0, 0.05) is 21.8 Å². The Morgan fingerprint density at radius 1 is 1.07 bits per heavy atom. The highest BCUT2D eigenvalue weighted by atomic mass is 35.5. The molecule has 1 amide bonds. The number of benzene rings is 2. The molecule has 1 atom stereocenters. The van der Waals surface area contributed by atoms with Crippen LogP contribution in [-0.4, -0.2) is 40.3 Å². The topological polar surface area (TPSA) is 109 Å². The summed E-state index contributed by atoms with van der Waals surface area (Å²) in [6, 6.07) is 9.90. The highest BCUT2D eigenvalue weighted by Crippen LogP contribution is 2.25. The maximum absolute atomic E-state index is 12.4. The molecule has 0 radical (unpaired) electrons. The fourth-order valence-electron chi connectivity index (χ4n) is 2.96. The first-order valence-electron chi connectivity index (χ1n) is 8.61. The highest BCUT2D eigenvalue weighted by molar-refractivity contribution is 7.92. The van der Waals surface area contributed by atoms with Gasteiger partial charge in [-0.3, -0.25) is 4.79 Å². The van der Waals surface area contributed by atoms with Crippen molar-refractivity contribution in [2.75, 3.05) is 16.8 Å². The van der Waals surface area contributed by atoms with Gasteiger partial charge in [-0.05, 0) is 48.4 Å². The van der Waals surface area contributed by atoms with Gasteiger partial charge < -0.3 is 5.32 Å². The number of halogens is 2. The van der Waals surface area contributed by atoms with Crippen LogP contribution in [0.4, 0.5) is 5.69 Å². The molecule has 1 heterocycles. The highest BCUT2D eigenvalue weighted by Gasteiger charge is 2.31. The van der Waals surface area contributed by atoms with Gasteiger partial charge in [-0.2, -0.15) is 0 Å². The van der Waals surface area contributed by atoms with Crippen molar-refractivity contribution in [2.24, 2.45) is 0 Å². The van der Waals surface area contributed by atoms with Crippen LogP contribution in [0.15, 0.2) is 47.4 Å². The Hall–Kier alpha value is -1.65. The molecule has 0 bridgehead atoms. The van der Waals surface area contributed by atoms with Crippen LogP contribution in [0, 0.1) is 0 Å². The zero-order chi connectivity index (χ0) is 21.2. The quantitative estimate of drug-likeness (QED) is 0.665. The van der Waals surface area contributed by atoms with Crippen molar-refractivity contribution in [1.82, 2.24) is 4.72 Å². The molecule has 1 aliphatic heterocycles. The Bertz CT molecular complexity index is 1110. The standard InChI is InChI=1S/C18H18Cl2N2O5S2/c19-16-2-1-3-17(20)15(16)10-18(23)21-12-4-6-14(7-5-12)29(26,27)22-13-8-9-28(24,25)11-13/h1-7,13,22H,8-11H2,(H,21,23)/t13-/m1/s1. The van der Waals surface area contributed by atoms with Gasteiger partial charge >= 0.3 is 0 Å². The minimum absolute atomic E-state index is 0.0195. The number of sulfonamides is 1. The van der Waals surface area contributed by atoms with E-state index in [1.165, 1.54) is 24.3 Å². The predicted molar refractivity (Wildman–Crippen MR) is 113 cm³/mol.